The molecule has 2 aromatic carbocycles. The number of nitrogens with zero attached hydrogens (tertiary/aromatic N) is 1. The number of nitrogens with one attached hydrogen (secondary N) is 1. The Morgan fingerprint density at radius 3 is 2.71 bits per heavy atom. The highest BCUT2D eigenvalue weighted by Crippen LogP contribution is 2.38. The molecule has 2 aromatic rings. The van der Waals surface area contributed by atoms with E-state index in [0.717, 1.165) is 35.7 Å². The van der Waals surface area contributed by atoms with Crippen LogP contribution in [0, 0.1) is 0 Å². The number of carbonyl (C=O) groups excluding carboxylic acids is 2. The molecule has 6 nitrogen and oxygen atoms in total. The molecule has 2 amide bonds. The fourth-order valence-electron chi connectivity index (χ4n) is 4.09. The number of ether oxygens (including phenoxy) is 2. The van der Waals surface area contributed by atoms with Gasteiger partial charge in [-0.3, -0.25) is 14.5 Å². The molecule has 0 unspecified atom stereocenters. The van der Waals surface area contributed by atoms with Crippen LogP contribution in [0.3, 0.4) is 0 Å². The normalized spacial score (nSPS) is 17.7. The second-order valence-corrected chi connectivity index (χ2v) is 11.2. The maximum Gasteiger partial charge on any atom is 0.266 e. The van der Waals surface area contributed by atoms with Gasteiger partial charge in [0, 0.05) is 16.2 Å². The largest absolute Gasteiger partial charge is 0.493 e. The molecule has 184 valence electrons. The third-order valence-electron chi connectivity index (χ3n) is 5.81. The van der Waals surface area contributed by atoms with Crippen molar-refractivity contribution in [2.24, 2.45) is 0 Å². The summed E-state index contributed by atoms with van der Waals surface area (Å²) in [5, 5.41) is 3.24. The molecule has 0 bridgehead atoms. The standard InChI is InChI=1S/C25H24BrClN2O4S2/c1-32-21-11-15(12-22-24(31)29(25(34)35-22)17-5-3-2-4-6-17)7-10-20(21)33-14-23(30)28-16-8-9-18(26)19(27)13-16/h7-13,17H,2-6,14H2,1H3,(H,28,30)/b22-12-. The number of halogens is 2. The molecule has 1 heterocycles. The summed E-state index contributed by atoms with van der Waals surface area (Å²) in [6, 6.07) is 10.6. The Morgan fingerprint density at radius 1 is 1.23 bits per heavy atom. The summed E-state index contributed by atoms with van der Waals surface area (Å²) in [4.78, 5) is 27.7. The minimum atomic E-state index is -0.332. The summed E-state index contributed by atoms with van der Waals surface area (Å²) < 4.78 is 12.5. The van der Waals surface area contributed by atoms with Gasteiger partial charge >= 0.3 is 0 Å². The van der Waals surface area contributed by atoms with Crippen LogP contribution in [0.4, 0.5) is 5.69 Å². The summed E-state index contributed by atoms with van der Waals surface area (Å²) in [7, 11) is 1.53. The number of anilines is 1. The lowest BCUT2D eigenvalue weighted by molar-refractivity contribution is -0.124. The molecule has 1 aliphatic carbocycles. The highest BCUT2D eigenvalue weighted by Gasteiger charge is 2.37. The Kier molecular flexibility index (Phi) is 8.75. The second kappa shape index (κ2) is 11.8. The van der Waals surface area contributed by atoms with Crippen LogP contribution < -0.4 is 14.8 Å². The Bertz CT molecular complexity index is 1180. The summed E-state index contributed by atoms with van der Waals surface area (Å²) in [6.07, 6.45) is 7.31. The summed E-state index contributed by atoms with van der Waals surface area (Å²) >= 11 is 16.2. The van der Waals surface area contributed by atoms with Crippen molar-refractivity contribution in [1.82, 2.24) is 4.90 Å². The van der Waals surface area contributed by atoms with Crippen LogP contribution >= 0.6 is 51.5 Å². The molecule has 1 aliphatic heterocycles. The smallest absolute Gasteiger partial charge is 0.266 e. The number of carbonyl (C=O) groups is 2. The van der Waals surface area contributed by atoms with Gasteiger partial charge in [0.1, 0.15) is 4.32 Å². The number of amides is 2. The van der Waals surface area contributed by atoms with Crippen LogP contribution in [-0.2, 0) is 9.59 Å². The van der Waals surface area contributed by atoms with Crippen molar-refractivity contribution in [1.29, 1.82) is 0 Å². The molecule has 0 spiro atoms. The van der Waals surface area contributed by atoms with Crippen molar-refractivity contribution in [3.05, 3.63) is 56.4 Å². The monoisotopic (exact) mass is 594 g/mol. The lowest BCUT2D eigenvalue weighted by Gasteiger charge is -2.29. The number of benzene rings is 2. The Hall–Kier alpha value is -2.07. The second-order valence-electron chi connectivity index (χ2n) is 8.22. The topological polar surface area (TPSA) is 67.9 Å². The number of hydrogen-bond donors (Lipinski definition) is 1. The van der Waals surface area contributed by atoms with E-state index in [2.05, 4.69) is 21.2 Å². The van der Waals surface area contributed by atoms with Crippen molar-refractivity contribution in [3.8, 4) is 11.5 Å². The van der Waals surface area contributed by atoms with Gasteiger partial charge in [0.05, 0.1) is 17.0 Å². The van der Waals surface area contributed by atoms with Gasteiger partial charge < -0.3 is 14.8 Å². The lowest BCUT2D eigenvalue weighted by Crippen LogP contribution is -2.39. The number of hydrogen-bond acceptors (Lipinski definition) is 6. The van der Waals surface area contributed by atoms with E-state index in [4.69, 9.17) is 33.3 Å². The van der Waals surface area contributed by atoms with E-state index in [1.807, 2.05) is 12.1 Å². The minimum absolute atomic E-state index is 0.0316. The number of rotatable bonds is 7. The van der Waals surface area contributed by atoms with E-state index in [1.54, 1.807) is 35.2 Å². The van der Waals surface area contributed by atoms with Crippen molar-refractivity contribution in [2.75, 3.05) is 19.0 Å². The molecule has 2 aliphatic rings. The van der Waals surface area contributed by atoms with Crippen LogP contribution in [0.1, 0.15) is 37.7 Å². The predicted molar refractivity (Wildman–Crippen MR) is 148 cm³/mol. The molecule has 0 aromatic heterocycles. The van der Waals surface area contributed by atoms with Gasteiger partial charge in [-0.15, -0.1) is 0 Å². The quantitative estimate of drug-likeness (QED) is 0.285. The fraction of sp³-hybridized carbons (Fsp3) is 0.320. The Balaban J connectivity index is 1.41. The van der Waals surface area contributed by atoms with Gasteiger partial charge in [-0.2, -0.15) is 0 Å². The van der Waals surface area contributed by atoms with E-state index in [1.165, 1.54) is 25.3 Å². The first-order valence-electron chi connectivity index (χ1n) is 11.2. The third-order valence-corrected chi connectivity index (χ3v) is 8.37. The van der Waals surface area contributed by atoms with Gasteiger partial charge in [0.25, 0.3) is 11.8 Å². The molecule has 2 fully saturated rings. The summed E-state index contributed by atoms with van der Waals surface area (Å²) in [5.74, 6) is 0.515. The molecule has 0 atom stereocenters. The average Bonchev–Trinajstić information content (AvgIpc) is 3.13. The molecule has 1 N–H and O–H groups in total. The van der Waals surface area contributed by atoms with Crippen LogP contribution in [0.15, 0.2) is 45.8 Å². The van der Waals surface area contributed by atoms with Crippen molar-refractivity contribution < 1.29 is 19.1 Å². The van der Waals surface area contributed by atoms with Crippen LogP contribution in [0.25, 0.3) is 6.08 Å². The highest BCUT2D eigenvalue weighted by atomic mass is 79.9. The summed E-state index contributed by atoms with van der Waals surface area (Å²) in [6.45, 7) is -0.205. The van der Waals surface area contributed by atoms with Crippen LogP contribution in [0.5, 0.6) is 11.5 Å². The van der Waals surface area contributed by atoms with E-state index in [0.29, 0.717) is 31.4 Å². The third kappa shape index (κ3) is 6.39. The molecule has 0 radical (unpaired) electrons. The van der Waals surface area contributed by atoms with E-state index in [-0.39, 0.29) is 24.5 Å². The molecular weight excluding hydrogens is 572 g/mol. The fourth-order valence-corrected chi connectivity index (χ4v) is 5.92. The van der Waals surface area contributed by atoms with Crippen LogP contribution in [0.2, 0.25) is 5.02 Å². The first kappa shape index (κ1) is 26.0. The first-order valence-corrected chi connectivity index (χ1v) is 13.6. The molecule has 10 heteroatoms. The van der Waals surface area contributed by atoms with Crippen molar-refractivity contribution >= 4 is 79.4 Å². The molecular formula is C25H24BrClN2O4S2. The number of thiocarbonyl (C=S) groups is 1. The zero-order valence-electron chi connectivity index (χ0n) is 19.0. The first-order chi connectivity index (χ1) is 16.9. The lowest BCUT2D eigenvalue weighted by atomic mass is 9.94. The maximum absolute atomic E-state index is 13.0. The van der Waals surface area contributed by atoms with E-state index >= 15 is 0 Å². The number of thioether (sulfide) groups is 1. The van der Waals surface area contributed by atoms with Gasteiger partial charge in [-0.05, 0) is 70.7 Å². The van der Waals surface area contributed by atoms with Gasteiger partial charge in [0.15, 0.2) is 18.1 Å². The number of methoxy groups -OCH3 is 1. The van der Waals surface area contributed by atoms with Crippen molar-refractivity contribution in [2.45, 2.75) is 38.1 Å². The minimum Gasteiger partial charge on any atom is -0.493 e. The molecule has 1 saturated carbocycles. The Morgan fingerprint density at radius 2 is 2.00 bits per heavy atom. The van der Waals surface area contributed by atoms with Crippen LogP contribution in [-0.4, -0.2) is 40.8 Å². The van der Waals surface area contributed by atoms with E-state index < -0.39 is 0 Å². The Labute approximate surface area is 227 Å². The zero-order chi connectivity index (χ0) is 24.9. The van der Waals surface area contributed by atoms with E-state index in [9.17, 15) is 9.59 Å². The molecule has 35 heavy (non-hydrogen) atoms. The van der Waals surface area contributed by atoms with Gasteiger partial charge in [-0.1, -0.05) is 60.9 Å². The molecule has 1 saturated heterocycles. The SMILES string of the molecule is COc1cc(/C=C2\SC(=S)N(C3CCCCC3)C2=O)ccc1OCC(=O)Nc1ccc(Br)c(Cl)c1. The average molecular weight is 596 g/mol. The van der Waals surface area contributed by atoms with Gasteiger partial charge in [0.2, 0.25) is 0 Å². The molecule has 4 rings (SSSR count). The van der Waals surface area contributed by atoms with Crippen molar-refractivity contribution in [3.63, 3.8) is 0 Å². The van der Waals surface area contributed by atoms with Gasteiger partial charge in [-0.25, -0.2) is 0 Å². The predicted octanol–water partition coefficient (Wildman–Crippen LogP) is 6.66. The maximum atomic E-state index is 13.0. The highest BCUT2D eigenvalue weighted by molar-refractivity contribution is 9.10. The summed E-state index contributed by atoms with van der Waals surface area (Å²) in [5.41, 5.74) is 1.35. The zero-order valence-corrected chi connectivity index (χ0v) is 23.0.